The first-order valence-corrected chi connectivity index (χ1v) is 6.55. The zero-order valence-corrected chi connectivity index (χ0v) is 11.7. The van der Waals surface area contributed by atoms with Crippen molar-refractivity contribution in [2.24, 2.45) is 0 Å². The van der Waals surface area contributed by atoms with Gasteiger partial charge in [-0.05, 0) is 19.9 Å². The molecule has 0 aliphatic rings. The lowest BCUT2D eigenvalue weighted by molar-refractivity contribution is 0.0944. The number of nitrogens with zero attached hydrogens (tertiary/aromatic N) is 4. The number of rotatable bonds is 5. The average molecular weight is 282 g/mol. The molecule has 1 amide bonds. The van der Waals surface area contributed by atoms with Crippen molar-refractivity contribution in [3.8, 4) is 0 Å². The Morgan fingerprint density at radius 3 is 2.84 bits per heavy atom. The molecule has 0 unspecified atom stereocenters. The third-order valence-electron chi connectivity index (χ3n) is 2.79. The largest absolute Gasteiger partial charge is 0.345 e. The van der Waals surface area contributed by atoms with Crippen LogP contribution in [-0.2, 0) is 19.6 Å². The molecule has 0 bridgehead atoms. The summed E-state index contributed by atoms with van der Waals surface area (Å²) in [5.74, 6) is -0.277. The fourth-order valence-electron chi connectivity index (χ4n) is 1.76. The molecule has 0 aliphatic carbocycles. The highest BCUT2D eigenvalue weighted by molar-refractivity contribution is 6.33. The normalized spacial score (nSPS) is 10.7. The maximum atomic E-state index is 12.0. The first kappa shape index (κ1) is 13.6. The minimum Gasteiger partial charge on any atom is -0.345 e. The summed E-state index contributed by atoms with van der Waals surface area (Å²) in [6, 6.07) is 1.87. The van der Waals surface area contributed by atoms with Gasteiger partial charge >= 0.3 is 0 Å². The van der Waals surface area contributed by atoms with E-state index in [2.05, 4.69) is 15.5 Å². The first-order valence-electron chi connectivity index (χ1n) is 6.17. The van der Waals surface area contributed by atoms with E-state index in [9.17, 15) is 4.79 Å². The topological polar surface area (TPSA) is 64.7 Å². The molecule has 0 aliphatic heterocycles. The molecule has 1 N–H and O–H groups in total. The van der Waals surface area contributed by atoms with Crippen molar-refractivity contribution in [3.63, 3.8) is 0 Å². The van der Waals surface area contributed by atoms with E-state index in [1.165, 1.54) is 0 Å². The molecular weight excluding hydrogens is 266 g/mol. The van der Waals surface area contributed by atoms with E-state index in [1.807, 2.05) is 24.6 Å². The van der Waals surface area contributed by atoms with Gasteiger partial charge in [-0.25, -0.2) is 0 Å². The van der Waals surface area contributed by atoms with Crippen LogP contribution in [0.2, 0.25) is 5.02 Å². The number of carbonyl (C=O) groups is 1. The number of amides is 1. The highest BCUT2D eigenvalue weighted by Gasteiger charge is 2.15. The number of aryl methyl sites for hydroxylation is 2. The fraction of sp³-hybridized carbons (Fsp3) is 0.417. The van der Waals surface area contributed by atoms with E-state index in [0.29, 0.717) is 18.1 Å². The fourth-order valence-corrected chi connectivity index (χ4v) is 2.00. The SMILES string of the molecule is CCn1cc(Cl)c(C(=O)NCc2ccnn2CC)n1. The van der Waals surface area contributed by atoms with Crippen LogP contribution in [0.25, 0.3) is 0 Å². The van der Waals surface area contributed by atoms with Crippen LogP contribution in [0.1, 0.15) is 30.0 Å². The van der Waals surface area contributed by atoms with E-state index in [1.54, 1.807) is 17.1 Å². The molecule has 0 saturated heterocycles. The molecule has 0 saturated carbocycles. The predicted molar refractivity (Wildman–Crippen MR) is 72.0 cm³/mol. The van der Waals surface area contributed by atoms with Crippen LogP contribution < -0.4 is 5.32 Å². The summed E-state index contributed by atoms with van der Waals surface area (Å²) < 4.78 is 3.46. The van der Waals surface area contributed by atoms with Gasteiger partial charge in [-0.3, -0.25) is 14.2 Å². The van der Waals surface area contributed by atoms with E-state index in [0.717, 1.165) is 12.2 Å². The number of hydrogen-bond donors (Lipinski definition) is 1. The molecule has 2 aromatic rings. The average Bonchev–Trinajstić information content (AvgIpc) is 3.01. The van der Waals surface area contributed by atoms with Crippen molar-refractivity contribution < 1.29 is 4.79 Å². The Bertz CT molecular complexity index is 574. The van der Waals surface area contributed by atoms with Gasteiger partial charge in [0.2, 0.25) is 0 Å². The van der Waals surface area contributed by atoms with Crippen LogP contribution in [0.15, 0.2) is 18.5 Å². The Hall–Kier alpha value is -1.82. The molecule has 0 fully saturated rings. The third-order valence-corrected chi connectivity index (χ3v) is 3.07. The summed E-state index contributed by atoms with van der Waals surface area (Å²) in [4.78, 5) is 12.0. The summed E-state index contributed by atoms with van der Waals surface area (Å²) in [6.07, 6.45) is 3.36. The van der Waals surface area contributed by atoms with E-state index in [4.69, 9.17) is 11.6 Å². The second kappa shape index (κ2) is 5.88. The minimum atomic E-state index is -0.277. The molecule has 2 rings (SSSR count). The molecule has 0 spiro atoms. The Kier molecular flexibility index (Phi) is 4.21. The van der Waals surface area contributed by atoms with E-state index < -0.39 is 0 Å². The van der Waals surface area contributed by atoms with Gasteiger partial charge in [0, 0.05) is 25.5 Å². The Morgan fingerprint density at radius 1 is 1.42 bits per heavy atom. The lowest BCUT2D eigenvalue weighted by Gasteiger charge is -2.05. The second-order valence-corrected chi connectivity index (χ2v) is 4.41. The van der Waals surface area contributed by atoms with Gasteiger partial charge in [0.1, 0.15) is 0 Å². The lowest BCUT2D eigenvalue weighted by Crippen LogP contribution is -2.25. The Labute approximate surface area is 116 Å². The number of nitrogens with one attached hydrogen (secondary N) is 1. The van der Waals surface area contributed by atoms with Gasteiger partial charge in [-0.15, -0.1) is 0 Å². The smallest absolute Gasteiger partial charge is 0.273 e. The molecule has 0 aromatic carbocycles. The van der Waals surface area contributed by atoms with Crippen molar-refractivity contribution in [2.45, 2.75) is 33.5 Å². The lowest BCUT2D eigenvalue weighted by atomic mass is 10.3. The molecular formula is C12H16ClN5O. The highest BCUT2D eigenvalue weighted by Crippen LogP contribution is 2.13. The molecule has 6 nitrogen and oxygen atoms in total. The summed E-state index contributed by atoms with van der Waals surface area (Å²) in [5.41, 5.74) is 1.20. The highest BCUT2D eigenvalue weighted by atomic mass is 35.5. The predicted octanol–water partition coefficient (Wildman–Crippen LogP) is 1.70. The van der Waals surface area contributed by atoms with Crippen LogP contribution in [0.3, 0.4) is 0 Å². The van der Waals surface area contributed by atoms with Gasteiger partial charge in [0.15, 0.2) is 5.69 Å². The van der Waals surface area contributed by atoms with Gasteiger partial charge in [0.05, 0.1) is 17.3 Å². The molecule has 0 radical (unpaired) electrons. The third kappa shape index (κ3) is 2.96. The summed E-state index contributed by atoms with van der Waals surface area (Å²) in [5, 5.41) is 11.4. The molecule has 19 heavy (non-hydrogen) atoms. The molecule has 2 heterocycles. The Balaban J connectivity index is 2.03. The molecule has 2 aromatic heterocycles. The first-order chi connectivity index (χ1) is 9.15. The monoisotopic (exact) mass is 281 g/mol. The van der Waals surface area contributed by atoms with Gasteiger partial charge < -0.3 is 5.32 Å². The molecule has 0 atom stereocenters. The zero-order valence-electron chi connectivity index (χ0n) is 10.9. The van der Waals surface area contributed by atoms with Gasteiger partial charge in [-0.1, -0.05) is 11.6 Å². The molecule has 7 heteroatoms. The van der Waals surface area contributed by atoms with Crippen molar-refractivity contribution in [1.82, 2.24) is 24.9 Å². The molecule has 102 valence electrons. The van der Waals surface area contributed by atoms with Crippen LogP contribution in [0.5, 0.6) is 0 Å². The maximum absolute atomic E-state index is 12.0. The van der Waals surface area contributed by atoms with Crippen LogP contribution in [-0.4, -0.2) is 25.5 Å². The van der Waals surface area contributed by atoms with Crippen molar-refractivity contribution in [3.05, 3.63) is 34.9 Å². The van der Waals surface area contributed by atoms with Crippen molar-refractivity contribution in [2.75, 3.05) is 0 Å². The standard InChI is InChI=1S/C12H16ClN5O/c1-3-17-8-10(13)11(16-17)12(19)14-7-9-5-6-15-18(9)4-2/h5-6,8H,3-4,7H2,1-2H3,(H,14,19). The van der Waals surface area contributed by atoms with Crippen LogP contribution in [0.4, 0.5) is 0 Å². The van der Waals surface area contributed by atoms with E-state index in [-0.39, 0.29) is 11.6 Å². The van der Waals surface area contributed by atoms with Gasteiger partial charge in [-0.2, -0.15) is 10.2 Å². The summed E-state index contributed by atoms with van der Waals surface area (Å²) in [6.45, 7) is 5.78. The van der Waals surface area contributed by atoms with Crippen LogP contribution >= 0.6 is 11.6 Å². The van der Waals surface area contributed by atoms with Crippen molar-refractivity contribution >= 4 is 17.5 Å². The maximum Gasteiger partial charge on any atom is 0.273 e. The minimum absolute atomic E-state index is 0.256. The second-order valence-electron chi connectivity index (χ2n) is 4.00. The number of carbonyl (C=O) groups excluding carboxylic acids is 1. The summed E-state index contributed by atoms with van der Waals surface area (Å²) >= 11 is 5.98. The summed E-state index contributed by atoms with van der Waals surface area (Å²) in [7, 11) is 0. The van der Waals surface area contributed by atoms with Gasteiger partial charge in [0.25, 0.3) is 5.91 Å². The van der Waals surface area contributed by atoms with Crippen LogP contribution in [0, 0.1) is 0 Å². The number of hydrogen-bond acceptors (Lipinski definition) is 3. The zero-order chi connectivity index (χ0) is 13.8. The number of halogens is 1. The number of aromatic nitrogens is 4. The van der Waals surface area contributed by atoms with Crippen molar-refractivity contribution in [1.29, 1.82) is 0 Å². The van der Waals surface area contributed by atoms with E-state index >= 15 is 0 Å². The quantitative estimate of drug-likeness (QED) is 0.907. The Morgan fingerprint density at radius 2 is 2.21 bits per heavy atom.